The topological polar surface area (TPSA) is 47.3 Å². The maximum absolute atomic E-state index is 5.94. The van der Waals surface area contributed by atoms with Crippen LogP contribution >= 0.6 is 0 Å². The molecule has 1 aliphatic heterocycles. The Morgan fingerprint density at radius 2 is 2.24 bits per heavy atom. The van der Waals surface area contributed by atoms with Crippen molar-refractivity contribution in [2.75, 3.05) is 18.5 Å². The second kappa shape index (κ2) is 4.96. The second-order valence-electron chi connectivity index (χ2n) is 5.44. The maximum atomic E-state index is 5.94. The Labute approximate surface area is 103 Å². The van der Waals surface area contributed by atoms with Crippen LogP contribution < -0.4 is 15.8 Å². The van der Waals surface area contributed by atoms with E-state index >= 15 is 0 Å². The summed E-state index contributed by atoms with van der Waals surface area (Å²) in [6.45, 7) is 5.93. The van der Waals surface area contributed by atoms with Crippen LogP contribution in [0.25, 0.3) is 0 Å². The van der Waals surface area contributed by atoms with Gasteiger partial charge in [-0.05, 0) is 50.5 Å². The molecule has 3 nitrogen and oxygen atoms in total. The van der Waals surface area contributed by atoms with Gasteiger partial charge in [0.1, 0.15) is 5.75 Å². The molecule has 0 fully saturated rings. The third-order valence-corrected chi connectivity index (χ3v) is 3.02. The van der Waals surface area contributed by atoms with Crippen LogP contribution in [0.2, 0.25) is 0 Å². The van der Waals surface area contributed by atoms with Gasteiger partial charge in [0.15, 0.2) is 0 Å². The Morgan fingerprint density at radius 1 is 1.41 bits per heavy atom. The Bertz CT molecular complexity index is 382. The molecule has 1 aromatic rings. The first kappa shape index (κ1) is 12.2. The van der Waals surface area contributed by atoms with Crippen molar-refractivity contribution in [1.29, 1.82) is 0 Å². The highest BCUT2D eigenvalue weighted by Crippen LogP contribution is 2.27. The molecule has 2 rings (SSSR count). The van der Waals surface area contributed by atoms with Crippen LogP contribution in [0.3, 0.4) is 0 Å². The van der Waals surface area contributed by atoms with E-state index < -0.39 is 0 Å². The molecule has 0 radical (unpaired) electrons. The zero-order valence-corrected chi connectivity index (χ0v) is 10.8. The molecule has 3 N–H and O–H groups in total. The van der Waals surface area contributed by atoms with Gasteiger partial charge < -0.3 is 15.8 Å². The summed E-state index contributed by atoms with van der Waals surface area (Å²) < 4.78 is 5.48. The van der Waals surface area contributed by atoms with Gasteiger partial charge in [-0.3, -0.25) is 0 Å². The lowest BCUT2D eigenvalue weighted by Gasteiger charge is -2.18. The van der Waals surface area contributed by atoms with Gasteiger partial charge in [-0.15, -0.1) is 0 Å². The number of fused-ring (bicyclic) bond motifs is 1. The molecular weight excluding hydrogens is 212 g/mol. The van der Waals surface area contributed by atoms with E-state index in [2.05, 4.69) is 37.4 Å². The highest BCUT2D eigenvalue weighted by Gasteiger charge is 2.12. The first-order valence-electron chi connectivity index (χ1n) is 6.33. The maximum Gasteiger partial charge on any atom is 0.122 e. The largest absolute Gasteiger partial charge is 0.493 e. The van der Waals surface area contributed by atoms with Crippen LogP contribution in [0.1, 0.15) is 32.3 Å². The molecule has 1 heterocycles. The van der Waals surface area contributed by atoms with Crippen LogP contribution in [-0.4, -0.2) is 18.7 Å². The number of nitrogens with two attached hydrogens (primary N) is 1. The fraction of sp³-hybridized carbons (Fsp3) is 0.571. The SMILES string of the molecule is CC(C)(N)CCCNc1ccc2c(c1)CCO2. The van der Waals surface area contributed by atoms with E-state index in [1.165, 1.54) is 11.3 Å². The smallest absolute Gasteiger partial charge is 0.122 e. The zero-order valence-electron chi connectivity index (χ0n) is 10.8. The standard InChI is InChI=1S/C14H22N2O/c1-14(2,15)7-3-8-16-12-4-5-13-11(10-12)6-9-17-13/h4-5,10,16H,3,6-9,15H2,1-2H3. The average molecular weight is 234 g/mol. The van der Waals surface area contributed by atoms with E-state index in [9.17, 15) is 0 Å². The van der Waals surface area contributed by atoms with E-state index in [1.807, 2.05) is 0 Å². The minimum absolute atomic E-state index is 0.0620. The fourth-order valence-electron chi connectivity index (χ4n) is 2.07. The number of hydrogen-bond acceptors (Lipinski definition) is 3. The van der Waals surface area contributed by atoms with Gasteiger partial charge in [0.25, 0.3) is 0 Å². The highest BCUT2D eigenvalue weighted by atomic mass is 16.5. The molecule has 3 heteroatoms. The summed E-state index contributed by atoms with van der Waals surface area (Å²) in [5.41, 5.74) is 8.38. The minimum Gasteiger partial charge on any atom is -0.493 e. The first-order valence-corrected chi connectivity index (χ1v) is 6.33. The fourth-order valence-corrected chi connectivity index (χ4v) is 2.07. The lowest BCUT2D eigenvalue weighted by Crippen LogP contribution is -2.32. The molecule has 1 aliphatic rings. The van der Waals surface area contributed by atoms with Crippen molar-refractivity contribution in [2.24, 2.45) is 5.73 Å². The Balaban J connectivity index is 1.80. The monoisotopic (exact) mass is 234 g/mol. The van der Waals surface area contributed by atoms with Crippen molar-refractivity contribution < 1.29 is 4.74 Å². The first-order chi connectivity index (χ1) is 8.04. The van der Waals surface area contributed by atoms with Crippen molar-refractivity contribution in [3.8, 4) is 5.75 Å². The van der Waals surface area contributed by atoms with E-state index in [1.54, 1.807) is 0 Å². The van der Waals surface area contributed by atoms with E-state index in [-0.39, 0.29) is 5.54 Å². The van der Waals surface area contributed by atoms with Gasteiger partial charge >= 0.3 is 0 Å². The molecule has 0 amide bonds. The van der Waals surface area contributed by atoms with Gasteiger partial charge in [-0.1, -0.05) is 0 Å². The normalized spacial score (nSPS) is 14.3. The Hall–Kier alpha value is -1.22. The molecule has 0 unspecified atom stereocenters. The predicted octanol–water partition coefficient (Wildman–Crippen LogP) is 2.55. The summed E-state index contributed by atoms with van der Waals surface area (Å²) in [6.07, 6.45) is 3.16. The van der Waals surface area contributed by atoms with Crippen molar-refractivity contribution in [3.63, 3.8) is 0 Å². The number of nitrogens with one attached hydrogen (secondary N) is 1. The number of ether oxygens (including phenoxy) is 1. The van der Waals surface area contributed by atoms with Crippen LogP contribution in [0.5, 0.6) is 5.75 Å². The van der Waals surface area contributed by atoms with E-state index in [0.717, 1.165) is 38.2 Å². The van der Waals surface area contributed by atoms with E-state index in [4.69, 9.17) is 10.5 Å². The molecule has 94 valence electrons. The third kappa shape index (κ3) is 3.63. The highest BCUT2D eigenvalue weighted by molar-refractivity contribution is 5.52. The average Bonchev–Trinajstić information content (AvgIpc) is 2.70. The van der Waals surface area contributed by atoms with Crippen molar-refractivity contribution in [3.05, 3.63) is 23.8 Å². The molecule has 0 saturated heterocycles. The van der Waals surface area contributed by atoms with E-state index in [0.29, 0.717) is 0 Å². The molecule has 0 aromatic heterocycles. The molecule has 1 aromatic carbocycles. The minimum atomic E-state index is -0.0620. The number of rotatable bonds is 5. The summed E-state index contributed by atoms with van der Waals surface area (Å²) >= 11 is 0. The molecule has 0 spiro atoms. The zero-order chi connectivity index (χ0) is 12.3. The molecule has 0 saturated carbocycles. The van der Waals surface area contributed by atoms with Crippen LogP contribution in [0.15, 0.2) is 18.2 Å². The summed E-state index contributed by atoms with van der Waals surface area (Å²) in [5, 5.41) is 3.44. The van der Waals surface area contributed by atoms with Crippen molar-refractivity contribution >= 4 is 5.69 Å². The summed E-state index contributed by atoms with van der Waals surface area (Å²) in [4.78, 5) is 0. The number of anilines is 1. The van der Waals surface area contributed by atoms with Crippen molar-refractivity contribution in [2.45, 2.75) is 38.6 Å². The predicted molar refractivity (Wildman–Crippen MR) is 71.6 cm³/mol. The Kier molecular flexibility index (Phi) is 3.57. The summed E-state index contributed by atoms with van der Waals surface area (Å²) in [7, 11) is 0. The molecule has 0 bridgehead atoms. The van der Waals surface area contributed by atoms with Gasteiger partial charge in [-0.2, -0.15) is 0 Å². The van der Waals surface area contributed by atoms with Gasteiger partial charge in [0, 0.05) is 24.2 Å². The molecular formula is C14H22N2O. The number of benzene rings is 1. The molecule has 17 heavy (non-hydrogen) atoms. The Morgan fingerprint density at radius 3 is 3.00 bits per heavy atom. The van der Waals surface area contributed by atoms with Crippen LogP contribution in [0.4, 0.5) is 5.69 Å². The van der Waals surface area contributed by atoms with Crippen LogP contribution in [0, 0.1) is 0 Å². The molecule has 0 atom stereocenters. The van der Waals surface area contributed by atoms with Gasteiger partial charge in [-0.25, -0.2) is 0 Å². The van der Waals surface area contributed by atoms with Crippen molar-refractivity contribution in [1.82, 2.24) is 0 Å². The second-order valence-corrected chi connectivity index (χ2v) is 5.44. The lowest BCUT2D eigenvalue weighted by atomic mass is 10.0. The van der Waals surface area contributed by atoms with Gasteiger partial charge in [0.05, 0.1) is 6.61 Å². The third-order valence-electron chi connectivity index (χ3n) is 3.02. The summed E-state index contributed by atoms with van der Waals surface area (Å²) in [5.74, 6) is 1.04. The van der Waals surface area contributed by atoms with Gasteiger partial charge in [0.2, 0.25) is 0 Å². The lowest BCUT2D eigenvalue weighted by molar-refractivity contribution is 0.357. The summed E-state index contributed by atoms with van der Waals surface area (Å²) in [6, 6.07) is 6.32. The van der Waals surface area contributed by atoms with Crippen LogP contribution in [-0.2, 0) is 6.42 Å². The quantitative estimate of drug-likeness (QED) is 0.770. The number of hydrogen-bond donors (Lipinski definition) is 2. The molecule has 0 aliphatic carbocycles.